The fourth-order valence-corrected chi connectivity index (χ4v) is 3.28. The molecule has 4 aromatic rings. The third-order valence-electron chi connectivity index (χ3n) is 5.02. The van der Waals surface area contributed by atoms with E-state index in [9.17, 15) is 9.18 Å². The van der Waals surface area contributed by atoms with Crippen LogP contribution in [0.1, 0.15) is 29.5 Å². The maximum Gasteiger partial charge on any atom is 0.341 e. The minimum absolute atomic E-state index is 0.0515. The predicted molar refractivity (Wildman–Crippen MR) is 125 cm³/mol. The van der Waals surface area contributed by atoms with Crippen molar-refractivity contribution in [1.82, 2.24) is 5.16 Å². The number of fused-ring (bicyclic) bond motifs is 1. The van der Waals surface area contributed by atoms with Crippen LogP contribution in [0.5, 0.6) is 5.75 Å². The third-order valence-corrected chi connectivity index (χ3v) is 5.02. The number of nitrogens with zero attached hydrogens (tertiary/aromatic N) is 2. The molecular weight excluding hydrogens is 439 g/mol. The van der Waals surface area contributed by atoms with Crippen molar-refractivity contribution in [3.8, 4) is 17.0 Å². The minimum Gasteiger partial charge on any atom is -0.486 e. The Bertz CT molecular complexity index is 1310. The molecule has 0 N–H and O–H groups in total. The summed E-state index contributed by atoms with van der Waals surface area (Å²) in [6.07, 6.45) is 0.770. The van der Waals surface area contributed by atoms with Crippen LogP contribution in [-0.2, 0) is 9.57 Å². The van der Waals surface area contributed by atoms with Crippen LogP contribution in [0.2, 0.25) is 0 Å². The molecule has 0 saturated heterocycles. The molecule has 7 nitrogen and oxygen atoms in total. The van der Waals surface area contributed by atoms with Crippen LogP contribution < -0.4 is 4.74 Å². The molecular formula is C26H23FN2O5. The first-order chi connectivity index (χ1) is 16.6. The second kappa shape index (κ2) is 10.6. The summed E-state index contributed by atoms with van der Waals surface area (Å²) in [6, 6.07) is 18.7. The molecule has 0 aliphatic heterocycles. The summed E-state index contributed by atoms with van der Waals surface area (Å²) in [7, 11) is 1.32. The van der Waals surface area contributed by atoms with E-state index < -0.39 is 5.97 Å². The molecule has 1 heterocycles. The van der Waals surface area contributed by atoms with Crippen LogP contribution in [0.4, 0.5) is 4.39 Å². The molecule has 0 amide bonds. The standard InChI is InChI=1S/C26H23FN2O5/c1-3-12-33-28-23(25-15-22(29-34-25)17-8-10-20(27)11-9-17)16-32-24-14-19-7-5-4-6-18(19)13-21(24)26(30)31-2/h4-11,13-15H,3,12,16H2,1-2H3. The number of halogens is 1. The molecule has 174 valence electrons. The molecule has 4 rings (SSSR count). The molecule has 0 fully saturated rings. The van der Waals surface area contributed by atoms with Crippen LogP contribution >= 0.6 is 0 Å². The van der Waals surface area contributed by atoms with Gasteiger partial charge in [0.1, 0.15) is 36.0 Å². The van der Waals surface area contributed by atoms with Crippen molar-refractivity contribution in [2.24, 2.45) is 5.16 Å². The number of oxime groups is 1. The molecule has 0 unspecified atom stereocenters. The van der Waals surface area contributed by atoms with E-state index in [1.54, 1.807) is 30.3 Å². The van der Waals surface area contributed by atoms with Crippen molar-refractivity contribution < 1.29 is 28.0 Å². The van der Waals surface area contributed by atoms with Crippen molar-refractivity contribution in [3.05, 3.63) is 83.9 Å². The molecule has 0 saturated carbocycles. The fourth-order valence-electron chi connectivity index (χ4n) is 3.28. The van der Waals surface area contributed by atoms with Crippen LogP contribution in [0.3, 0.4) is 0 Å². The van der Waals surface area contributed by atoms with E-state index in [0.717, 1.165) is 17.2 Å². The van der Waals surface area contributed by atoms with Gasteiger partial charge in [0.05, 0.1) is 7.11 Å². The van der Waals surface area contributed by atoms with E-state index >= 15 is 0 Å². The van der Waals surface area contributed by atoms with Gasteiger partial charge < -0.3 is 18.8 Å². The van der Waals surface area contributed by atoms with E-state index in [1.807, 2.05) is 31.2 Å². The van der Waals surface area contributed by atoms with E-state index in [1.165, 1.54) is 19.2 Å². The van der Waals surface area contributed by atoms with Gasteiger partial charge in [0.15, 0.2) is 11.5 Å². The molecule has 34 heavy (non-hydrogen) atoms. The van der Waals surface area contributed by atoms with Crippen LogP contribution in [0.25, 0.3) is 22.0 Å². The number of carbonyl (C=O) groups is 1. The smallest absolute Gasteiger partial charge is 0.341 e. The van der Waals surface area contributed by atoms with Gasteiger partial charge in [-0.3, -0.25) is 0 Å². The number of benzene rings is 3. The number of rotatable bonds is 9. The van der Waals surface area contributed by atoms with Crippen molar-refractivity contribution in [2.45, 2.75) is 13.3 Å². The summed E-state index contributed by atoms with van der Waals surface area (Å²) < 4.78 is 29.7. The van der Waals surface area contributed by atoms with E-state index in [2.05, 4.69) is 10.3 Å². The number of methoxy groups -OCH3 is 1. The Labute approximate surface area is 195 Å². The Morgan fingerprint density at radius 1 is 1.06 bits per heavy atom. The van der Waals surface area contributed by atoms with Crippen LogP contribution in [0, 0.1) is 5.82 Å². The van der Waals surface area contributed by atoms with Gasteiger partial charge in [-0.1, -0.05) is 41.5 Å². The van der Waals surface area contributed by atoms with Crippen molar-refractivity contribution in [3.63, 3.8) is 0 Å². The number of hydrogen-bond donors (Lipinski definition) is 0. The van der Waals surface area contributed by atoms with Gasteiger partial charge in [-0.15, -0.1) is 0 Å². The lowest BCUT2D eigenvalue weighted by Gasteiger charge is -2.12. The molecule has 0 radical (unpaired) electrons. The molecule has 0 aliphatic carbocycles. The number of aromatic nitrogens is 1. The van der Waals surface area contributed by atoms with Gasteiger partial charge in [0, 0.05) is 11.6 Å². The van der Waals surface area contributed by atoms with Crippen LogP contribution in [0.15, 0.2) is 76.4 Å². The average molecular weight is 462 g/mol. The summed E-state index contributed by atoms with van der Waals surface area (Å²) in [5, 5.41) is 10.0. The second-order valence-electron chi connectivity index (χ2n) is 7.43. The Balaban J connectivity index is 1.63. The lowest BCUT2D eigenvalue weighted by molar-refractivity contribution is 0.0597. The molecule has 8 heteroatoms. The SMILES string of the molecule is CCCON=C(COc1cc2ccccc2cc1C(=O)OC)c1cc(-c2ccc(F)cc2)no1. The van der Waals surface area contributed by atoms with E-state index in [0.29, 0.717) is 40.6 Å². The molecule has 3 aromatic carbocycles. The van der Waals surface area contributed by atoms with Gasteiger partial charge in [-0.25, -0.2) is 9.18 Å². The predicted octanol–water partition coefficient (Wildman–Crippen LogP) is 5.63. The van der Waals surface area contributed by atoms with Gasteiger partial charge >= 0.3 is 5.97 Å². The van der Waals surface area contributed by atoms with Gasteiger partial charge in [0.2, 0.25) is 0 Å². The molecule has 0 bridgehead atoms. The summed E-state index contributed by atoms with van der Waals surface area (Å²) in [5.41, 5.74) is 1.84. The Hall–Kier alpha value is -4.20. The highest BCUT2D eigenvalue weighted by Crippen LogP contribution is 2.27. The molecule has 1 aromatic heterocycles. The first-order valence-corrected chi connectivity index (χ1v) is 10.7. The maximum atomic E-state index is 13.3. The summed E-state index contributed by atoms with van der Waals surface area (Å²) >= 11 is 0. The quantitative estimate of drug-likeness (QED) is 0.139. The third kappa shape index (κ3) is 5.23. The molecule has 0 aliphatic rings. The lowest BCUT2D eigenvalue weighted by atomic mass is 10.1. The fraction of sp³-hybridized carbons (Fsp3) is 0.192. The highest BCUT2D eigenvalue weighted by Gasteiger charge is 2.19. The molecule has 0 atom stereocenters. The van der Waals surface area contributed by atoms with Crippen molar-refractivity contribution in [1.29, 1.82) is 0 Å². The second-order valence-corrected chi connectivity index (χ2v) is 7.43. The highest BCUT2D eigenvalue weighted by atomic mass is 19.1. The number of ether oxygens (including phenoxy) is 2. The van der Waals surface area contributed by atoms with Crippen molar-refractivity contribution in [2.75, 3.05) is 20.3 Å². The number of esters is 1. The Morgan fingerprint density at radius 2 is 1.79 bits per heavy atom. The number of hydrogen-bond acceptors (Lipinski definition) is 7. The first kappa shape index (κ1) is 23.0. The summed E-state index contributed by atoms with van der Waals surface area (Å²) in [5.74, 6) is -0.185. The number of carbonyl (C=O) groups excluding carboxylic acids is 1. The van der Waals surface area contributed by atoms with Crippen LogP contribution in [-0.4, -0.2) is 37.2 Å². The molecule has 0 spiro atoms. The minimum atomic E-state index is -0.514. The highest BCUT2D eigenvalue weighted by molar-refractivity contribution is 6.01. The topological polar surface area (TPSA) is 83.2 Å². The maximum absolute atomic E-state index is 13.3. The zero-order chi connectivity index (χ0) is 23.9. The Kier molecular flexibility index (Phi) is 7.17. The Morgan fingerprint density at radius 3 is 2.50 bits per heavy atom. The monoisotopic (exact) mass is 462 g/mol. The first-order valence-electron chi connectivity index (χ1n) is 10.7. The largest absolute Gasteiger partial charge is 0.486 e. The van der Waals surface area contributed by atoms with E-state index in [4.69, 9.17) is 18.8 Å². The van der Waals surface area contributed by atoms with E-state index in [-0.39, 0.29) is 12.4 Å². The summed E-state index contributed by atoms with van der Waals surface area (Å²) in [6.45, 7) is 2.32. The van der Waals surface area contributed by atoms with Gasteiger partial charge in [-0.2, -0.15) is 0 Å². The normalized spacial score (nSPS) is 11.4. The zero-order valence-electron chi connectivity index (χ0n) is 18.8. The van der Waals surface area contributed by atoms with Crippen molar-refractivity contribution >= 4 is 22.5 Å². The lowest BCUT2D eigenvalue weighted by Crippen LogP contribution is -2.15. The van der Waals surface area contributed by atoms with Gasteiger partial charge in [-0.05, 0) is 53.6 Å². The zero-order valence-corrected chi connectivity index (χ0v) is 18.8. The summed E-state index contributed by atoms with van der Waals surface area (Å²) in [4.78, 5) is 17.7. The van der Waals surface area contributed by atoms with Gasteiger partial charge in [0.25, 0.3) is 0 Å². The average Bonchev–Trinajstić information content (AvgIpc) is 3.35.